The highest BCUT2D eigenvalue weighted by Gasteiger charge is 2.32. The second-order valence-electron chi connectivity index (χ2n) is 13.2. The predicted molar refractivity (Wildman–Crippen MR) is 194 cm³/mol. The van der Waals surface area contributed by atoms with Gasteiger partial charge in [-0.2, -0.15) is 12.6 Å². The lowest BCUT2D eigenvalue weighted by atomic mass is 10.0. The van der Waals surface area contributed by atoms with E-state index < -0.39 is 103 Å². The lowest BCUT2D eigenvalue weighted by molar-refractivity contribution is -0.142. The van der Waals surface area contributed by atoms with Crippen LogP contribution in [0.5, 0.6) is 0 Å². The molecule has 52 heavy (non-hydrogen) atoms. The van der Waals surface area contributed by atoms with Crippen LogP contribution in [0, 0.1) is 11.8 Å². The van der Waals surface area contributed by atoms with Crippen molar-refractivity contribution in [3.05, 3.63) is 0 Å². The average Bonchev–Trinajstić information content (AvgIpc) is 3.06. The Kier molecular flexibility index (Phi) is 23.9. The number of thiol groups is 1. The van der Waals surface area contributed by atoms with E-state index in [0.717, 1.165) is 0 Å². The third kappa shape index (κ3) is 19.6. The minimum atomic E-state index is -1.69. The molecule has 0 spiro atoms. The van der Waals surface area contributed by atoms with Crippen LogP contribution in [0.4, 0.5) is 0 Å². The van der Waals surface area contributed by atoms with E-state index in [1.54, 1.807) is 13.8 Å². The number of carbonyl (C=O) groups is 8. The van der Waals surface area contributed by atoms with Gasteiger partial charge < -0.3 is 59.3 Å². The standard InChI is InChI=1S/C32H59N9O10S/c1-17(2)13-21(38-27(45)19(35)9-5-7-11-33)29(47)40-23(16-52)30(48)39-22(14-25(43)44)28(46)36-15-24(42)41-26(18(3)4)31(49)37-20(32(50)51)10-6-8-12-34/h17-23,26,52H,5-16,33-35H2,1-4H3,(H,36,46)(H,37,49)(H,38,45)(H,39,48)(H,40,47)(H,41,42)(H,43,44)(H,50,51)/t19-,20-,21-,22-,23-,26-/m0/s1. The van der Waals surface area contributed by atoms with Crippen LogP contribution in [0.1, 0.15) is 79.1 Å². The summed E-state index contributed by atoms with van der Waals surface area (Å²) in [5, 5.41) is 33.2. The maximum absolute atomic E-state index is 13.2. The minimum Gasteiger partial charge on any atom is -0.481 e. The van der Waals surface area contributed by atoms with Crippen molar-refractivity contribution in [1.82, 2.24) is 31.9 Å². The molecule has 0 heterocycles. The van der Waals surface area contributed by atoms with Crippen LogP contribution < -0.4 is 49.1 Å². The highest BCUT2D eigenvalue weighted by molar-refractivity contribution is 7.80. The molecule has 0 aliphatic rings. The number of nitrogens with one attached hydrogen (secondary N) is 6. The number of rotatable bonds is 27. The lowest BCUT2D eigenvalue weighted by Crippen LogP contribution is -2.59. The van der Waals surface area contributed by atoms with Crippen LogP contribution in [0.25, 0.3) is 0 Å². The molecule has 0 bridgehead atoms. The molecule has 0 radical (unpaired) electrons. The molecule has 0 saturated heterocycles. The zero-order valence-electron chi connectivity index (χ0n) is 30.4. The fraction of sp³-hybridized carbons (Fsp3) is 0.750. The number of carboxylic acids is 2. The highest BCUT2D eigenvalue weighted by Crippen LogP contribution is 2.09. The molecule has 298 valence electrons. The largest absolute Gasteiger partial charge is 0.481 e. The topological polar surface area (TPSA) is 327 Å². The van der Waals surface area contributed by atoms with Crippen molar-refractivity contribution >= 4 is 60.0 Å². The summed E-state index contributed by atoms with van der Waals surface area (Å²) in [7, 11) is 0. The summed E-state index contributed by atoms with van der Waals surface area (Å²) in [6.07, 6.45) is 2.09. The zero-order chi connectivity index (χ0) is 40.0. The molecule has 20 heteroatoms. The molecule has 0 unspecified atom stereocenters. The van der Waals surface area contributed by atoms with Crippen molar-refractivity contribution in [2.75, 3.05) is 25.4 Å². The summed E-state index contributed by atoms with van der Waals surface area (Å²) in [6.45, 7) is 6.94. The molecule has 0 aliphatic carbocycles. The Labute approximate surface area is 309 Å². The number of hydrogen-bond acceptors (Lipinski definition) is 12. The number of unbranched alkanes of at least 4 members (excludes halogenated alkanes) is 2. The molecule has 0 aromatic heterocycles. The monoisotopic (exact) mass is 761 g/mol. The molecule has 6 amide bonds. The van der Waals surface area contributed by atoms with Gasteiger partial charge in [-0.05, 0) is 63.5 Å². The molecule has 0 aromatic rings. The lowest BCUT2D eigenvalue weighted by Gasteiger charge is -2.26. The first-order valence-electron chi connectivity index (χ1n) is 17.4. The van der Waals surface area contributed by atoms with E-state index in [-0.39, 0.29) is 24.5 Å². The summed E-state index contributed by atoms with van der Waals surface area (Å²) in [5.41, 5.74) is 16.9. The van der Waals surface area contributed by atoms with E-state index in [4.69, 9.17) is 17.2 Å². The maximum atomic E-state index is 13.2. The fourth-order valence-electron chi connectivity index (χ4n) is 4.81. The van der Waals surface area contributed by atoms with Gasteiger partial charge in [0.25, 0.3) is 0 Å². The van der Waals surface area contributed by atoms with Crippen LogP contribution in [0.2, 0.25) is 0 Å². The SMILES string of the molecule is CC(C)C[C@H](NC(=O)[C@@H](N)CCCCN)C(=O)N[C@@H](CS)C(=O)N[C@@H](CC(=O)O)C(=O)NCC(=O)N[C@H](C(=O)N[C@@H](CCCCN)C(=O)O)C(C)C. The third-order valence-corrected chi connectivity index (χ3v) is 8.09. The van der Waals surface area contributed by atoms with E-state index in [1.807, 2.05) is 13.8 Å². The van der Waals surface area contributed by atoms with Gasteiger partial charge in [0.05, 0.1) is 19.0 Å². The number of carbonyl (C=O) groups excluding carboxylic acids is 6. The van der Waals surface area contributed by atoms with E-state index >= 15 is 0 Å². The summed E-state index contributed by atoms with van der Waals surface area (Å²) in [6, 6.07) is -7.39. The minimum absolute atomic E-state index is 0.0491. The third-order valence-electron chi connectivity index (χ3n) is 7.72. The zero-order valence-corrected chi connectivity index (χ0v) is 31.3. The maximum Gasteiger partial charge on any atom is 0.326 e. The van der Waals surface area contributed by atoms with Crippen molar-refractivity contribution in [3.8, 4) is 0 Å². The number of carboxylic acid groups (broad SMARTS) is 2. The fourth-order valence-corrected chi connectivity index (χ4v) is 5.06. The van der Waals surface area contributed by atoms with Crippen LogP contribution >= 0.6 is 12.6 Å². The molecular formula is C32H59N9O10S. The molecule has 0 fully saturated rings. The molecule has 0 rings (SSSR count). The quantitative estimate of drug-likeness (QED) is 0.0300. The highest BCUT2D eigenvalue weighted by atomic mass is 32.1. The average molecular weight is 762 g/mol. The van der Waals surface area contributed by atoms with Crippen LogP contribution in [0.15, 0.2) is 0 Å². The van der Waals surface area contributed by atoms with Gasteiger partial charge in [-0.15, -0.1) is 0 Å². The Morgan fingerprint density at radius 2 is 1.15 bits per heavy atom. The van der Waals surface area contributed by atoms with Crippen LogP contribution in [-0.2, 0) is 38.4 Å². The number of nitrogens with two attached hydrogens (primary N) is 3. The van der Waals surface area contributed by atoms with Gasteiger partial charge in [0, 0.05) is 5.75 Å². The second kappa shape index (κ2) is 25.9. The molecule has 0 saturated carbocycles. The molecular weight excluding hydrogens is 702 g/mol. The van der Waals surface area contributed by atoms with Crippen molar-refractivity contribution in [2.45, 2.75) is 115 Å². The van der Waals surface area contributed by atoms with Gasteiger partial charge >= 0.3 is 11.9 Å². The first-order valence-corrected chi connectivity index (χ1v) is 18.0. The van der Waals surface area contributed by atoms with Gasteiger partial charge in [0.2, 0.25) is 35.4 Å². The van der Waals surface area contributed by atoms with Crippen LogP contribution in [0.3, 0.4) is 0 Å². The van der Waals surface area contributed by atoms with Gasteiger partial charge in [0.1, 0.15) is 30.2 Å². The molecule has 19 nitrogen and oxygen atoms in total. The van der Waals surface area contributed by atoms with Gasteiger partial charge in [0.15, 0.2) is 0 Å². The predicted octanol–water partition coefficient (Wildman–Crippen LogP) is -2.70. The van der Waals surface area contributed by atoms with E-state index in [2.05, 4.69) is 44.5 Å². The van der Waals surface area contributed by atoms with Gasteiger partial charge in [-0.25, -0.2) is 4.79 Å². The number of amides is 6. The normalized spacial score (nSPS) is 14.6. The Hall–Kier alpha value is -4.01. The smallest absolute Gasteiger partial charge is 0.326 e. The molecule has 0 aliphatic heterocycles. The molecule has 14 N–H and O–H groups in total. The van der Waals surface area contributed by atoms with Crippen molar-refractivity contribution in [2.24, 2.45) is 29.0 Å². The van der Waals surface area contributed by atoms with Crippen molar-refractivity contribution in [1.29, 1.82) is 0 Å². The summed E-state index contributed by atoms with van der Waals surface area (Å²) in [5.74, 6) is -8.44. The van der Waals surface area contributed by atoms with E-state index in [9.17, 15) is 48.6 Å². The Bertz CT molecular complexity index is 1210. The Morgan fingerprint density at radius 1 is 0.635 bits per heavy atom. The van der Waals surface area contributed by atoms with Gasteiger partial charge in [-0.3, -0.25) is 33.6 Å². The summed E-state index contributed by atoms with van der Waals surface area (Å²) < 4.78 is 0. The van der Waals surface area contributed by atoms with Crippen molar-refractivity contribution in [3.63, 3.8) is 0 Å². The van der Waals surface area contributed by atoms with E-state index in [0.29, 0.717) is 45.2 Å². The molecule has 6 atom stereocenters. The Morgan fingerprint density at radius 3 is 1.65 bits per heavy atom. The van der Waals surface area contributed by atoms with E-state index in [1.165, 1.54) is 0 Å². The number of hydrogen-bond donors (Lipinski definition) is 12. The molecule has 0 aromatic carbocycles. The van der Waals surface area contributed by atoms with Crippen LogP contribution in [-0.4, -0.2) is 119 Å². The summed E-state index contributed by atoms with van der Waals surface area (Å²) in [4.78, 5) is 101. The van der Waals surface area contributed by atoms with Gasteiger partial charge in [-0.1, -0.05) is 34.1 Å². The first kappa shape index (κ1) is 48.0. The second-order valence-corrected chi connectivity index (χ2v) is 13.5. The number of aliphatic carboxylic acids is 2. The summed E-state index contributed by atoms with van der Waals surface area (Å²) >= 11 is 4.11. The van der Waals surface area contributed by atoms with Crippen molar-refractivity contribution < 1.29 is 48.6 Å². The first-order chi connectivity index (χ1) is 24.4. The Balaban J connectivity index is 5.55.